The van der Waals surface area contributed by atoms with Crippen LogP contribution in [0, 0.1) is 0 Å². The van der Waals surface area contributed by atoms with E-state index in [0.29, 0.717) is 0 Å². The highest BCUT2D eigenvalue weighted by Crippen LogP contribution is 2.31. The second kappa shape index (κ2) is 6.05. The van der Waals surface area contributed by atoms with Gasteiger partial charge in [-0.2, -0.15) is 4.98 Å². The summed E-state index contributed by atoms with van der Waals surface area (Å²) in [5.41, 5.74) is 3.57. The van der Waals surface area contributed by atoms with Gasteiger partial charge in [-0.15, -0.1) is 0 Å². The van der Waals surface area contributed by atoms with E-state index in [0.717, 1.165) is 4.57 Å². The monoisotopic (exact) mass is 362 g/mol. The predicted octanol–water partition coefficient (Wildman–Crippen LogP) is -2.72. The third-order valence-electron chi connectivity index (χ3n) is 3.54. The van der Waals surface area contributed by atoms with E-state index in [1.54, 1.807) is 0 Å². The van der Waals surface area contributed by atoms with Crippen LogP contribution in [0.1, 0.15) is 6.23 Å². The second-order valence-corrected chi connectivity index (χ2v) is 5.76. The zero-order valence-corrected chi connectivity index (χ0v) is 12.7. The fourth-order valence-electron chi connectivity index (χ4n) is 2.48. The fraction of sp³-hybridized carbons (Fsp3) is 0.500. The van der Waals surface area contributed by atoms with Crippen LogP contribution in [0.4, 0.5) is 5.95 Å². The normalized spacial score (nSPS) is 27.7. The van der Waals surface area contributed by atoms with Gasteiger partial charge >= 0.3 is 13.9 Å². The molecule has 2 aromatic rings. The largest absolute Gasteiger partial charge is 0.387 e. The van der Waals surface area contributed by atoms with Gasteiger partial charge in [0.1, 0.15) is 18.3 Å². The molecule has 3 heterocycles. The molecule has 1 aliphatic heterocycles. The van der Waals surface area contributed by atoms with Gasteiger partial charge in [0.25, 0.3) is 5.56 Å². The number of nitrogens with one attached hydrogen (secondary N) is 2. The first kappa shape index (κ1) is 16.7. The minimum absolute atomic E-state index is 0.174. The molecule has 3 rings (SSSR count). The van der Waals surface area contributed by atoms with Gasteiger partial charge in [-0.3, -0.25) is 24.2 Å². The number of nitrogen functional groups attached to an aromatic ring is 1. The van der Waals surface area contributed by atoms with Gasteiger partial charge in [0, 0.05) is 0 Å². The molecule has 7 N–H and O–H groups in total. The molecular weight excluding hydrogens is 349 g/mol. The Morgan fingerprint density at radius 2 is 2.04 bits per heavy atom. The van der Waals surface area contributed by atoms with Gasteiger partial charge in [0.2, 0.25) is 5.95 Å². The quantitative estimate of drug-likeness (QED) is 0.310. The number of aliphatic hydroxyl groups excluding tert-OH is 2. The molecule has 131 valence electrons. The lowest BCUT2D eigenvalue weighted by Gasteiger charge is -2.15. The Morgan fingerprint density at radius 3 is 2.71 bits per heavy atom. The molecule has 0 saturated carbocycles. The zero-order chi connectivity index (χ0) is 17.6. The molecule has 1 radical (unpaired) electrons. The zero-order valence-electron chi connectivity index (χ0n) is 11.8. The van der Waals surface area contributed by atoms with Crippen molar-refractivity contribution in [1.82, 2.24) is 19.5 Å². The predicted molar refractivity (Wildman–Crippen MR) is 77.1 cm³/mol. The smallest absolute Gasteiger partial charge is 0.366 e. The summed E-state index contributed by atoms with van der Waals surface area (Å²) in [6, 6.07) is 0. The molecule has 1 fully saturated rings. The van der Waals surface area contributed by atoms with Gasteiger partial charge in [-0.05, 0) is 0 Å². The molecule has 0 spiro atoms. The van der Waals surface area contributed by atoms with E-state index < -0.39 is 50.7 Å². The van der Waals surface area contributed by atoms with Crippen LogP contribution in [0.25, 0.3) is 11.2 Å². The van der Waals surface area contributed by atoms with Crippen LogP contribution in [-0.4, -0.2) is 59.5 Å². The van der Waals surface area contributed by atoms with E-state index in [4.69, 9.17) is 15.4 Å². The summed E-state index contributed by atoms with van der Waals surface area (Å²) in [5.74, 6) is -0.259. The standard InChI is InChI=1S/C10H13N5O8P/c11-9-13-6-3(7(18)14-9)12-10(19)15(6)8-5(17)4(16)2(23-8)1-22-24(20)21/h2,4-5,8,16-17H,1H2,(H,12,19)(H,20,21)(H3,11,13,14,18)/t2-,4-,5-,8-/m1/s1. The number of hydrogen-bond donors (Lipinski definition) is 6. The van der Waals surface area contributed by atoms with Crippen LogP contribution in [0.2, 0.25) is 0 Å². The van der Waals surface area contributed by atoms with Gasteiger partial charge in [0.15, 0.2) is 17.4 Å². The molecule has 24 heavy (non-hydrogen) atoms. The Balaban J connectivity index is 2.01. The number of aromatic amines is 2. The lowest BCUT2D eigenvalue weighted by atomic mass is 10.1. The number of imidazole rings is 1. The summed E-state index contributed by atoms with van der Waals surface area (Å²) in [6.45, 7) is -0.492. The number of ether oxygens (including phenoxy) is 1. The number of H-pyrrole nitrogens is 2. The van der Waals surface area contributed by atoms with Gasteiger partial charge < -0.3 is 20.7 Å². The average Bonchev–Trinajstić information content (AvgIpc) is 2.96. The minimum atomic E-state index is -2.92. The lowest BCUT2D eigenvalue weighted by molar-refractivity contribution is -0.0491. The van der Waals surface area contributed by atoms with Crippen molar-refractivity contribution in [1.29, 1.82) is 0 Å². The van der Waals surface area contributed by atoms with Crippen LogP contribution in [0.5, 0.6) is 0 Å². The number of hydrogen-bond acceptors (Lipinski definition) is 9. The summed E-state index contributed by atoms with van der Waals surface area (Å²) in [4.78, 5) is 40.8. The molecule has 1 saturated heterocycles. The highest BCUT2D eigenvalue weighted by Gasteiger charge is 2.45. The van der Waals surface area contributed by atoms with E-state index in [9.17, 15) is 24.4 Å². The van der Waals surface area contributed by atoms with Crippen LogP contribution in [0.3, 0.4) is 0 Å². The molecule has 5 atom stereocenters. The summed E-state index contributed by atoms with van der Waals surface area (Å²) in [5, 5.41) is 20.0. The molecule has 1 aliphatic rings. The number of aromatic nitrogens is 4. The van der Waals surface area contributed by atoms with Crippen molar-refractivity contribution >= 4 is 25.4 Å². The Hall–Kier alpha value is -2.15. The summed E-state index contributed by atoms with van der Waals surface area (Å²) in [6.07, 6.45) is -5.65. The molecular formula is C10H13N5O8P. The Morgan fingerprint density at radius 1 is 1.33 bits per heavy atom. The van der Waals surface area contributed by atoms with Crippen LogP contribution in [-0.2, 0) is 13.8 Å². The number of aliphatic hydroxyl groups is 2. The third kappa shape index (κ3) is 2.73. The maximum Gasteiger partial charge on any atom is 0.366 e. The van der Waals surface area contributed by atoms with Crippen molar-refractivity contribution in [2.24, 2.45) is 0 Å². The maximum atomic E-state index is 12.1. The highest BCUT2D eigenvalue weighted by atomic mass is 31.1. The van der Waals surface area contributed by atoms with Crippen LogP contribution < -0.4 is 17.0 Å². The molecule has 1 unspecified atom stereocenters. The van der Waals surface area contributed by atoms with Gasteiger partial charge in [0.05, 0.1) is 6.61 Å². The van der Waals surface area contributed by atoms with Crippen molar-refractivity contribution in [3.8, 4) is 0 Å². The van der Waals surface area contributed by atoms with Crippen LogP contribution >= 0.6 is 8.25 Å². The first-order valence-corrected chi connectivity index (χ1v) is 7.73. The van der Waals surface area contributed by atoms with Crippen molar-refractivity contribution in [3.05, 3.63) is 20.8 Å². The van der Waals surface area contributed by atoms with Crippen molar-refractivity contribution in [3.63, 3.8) is 0 Å². The molecule has 0 aromatic carbocycles. The number of rotatable bonds is 4. The molecule has 13 nitrogen and oxygen atoms in total. The van der Waals surface area contributed by atoms with Crippen molar-refractivity contribution in [2.45, 2.75) is 24.5 Å². The Kier molecular flexibility index (Phi) is 4.21. The summed E-state index contributed by atoms with van der Waals surface area (Å²) < 4.78 is 21.2. The average molecular weight is 362 g/mol. The third-order valence-corrected chi connectivity index (χ3v) is 3.91. The van der Waals surface area contributed by atoms with E-state index in [-0.39, 0.29) is 17.1 Å². The number of nitrogens with two attached hydrogens (primary N) is 1. The number of anilines is 1. The fourth-order valence-corrected chi connectivity index (χ4v) is 2.76. The Labute approximate surface area is 132 Å². The number of fused-ring (bicyclic) bond motifs is 1. The summed E-state index contributed by atoms with van der Waals surface area (Å²) >= 11 is 0. The van der Waals surface area contributed by atoms with E-state index in [1.165, 1.54) is 0 Å². The lowest BCUT2D eigenvalue weighted by Crippen LogP contribution is -2.35. The van der Waals surface area contributed by atoms with Gasteiger partial charge in [-0.1, -0.05) is 0 Å². The molecule has 2 aromatic heterocycles. The van der Waals surface area contributed by atoms with Crippen LogP contribution in [0.15, 0.2) is 9.59 Å². The first-order chi connectivity index (χ1) is 11.3. The second-order valence-electron chi connectivity index (χ2n) is 5.03. The van der Waals surface area contributed by atoms with E-state index in [2.05, 4.69) is 19.5 Å². The van der Waals surface area contributed by atoms with E-state index >= 15 is 0 Å². The topological polar surface area (TPSA) is 206 Å². The highest BCUT2D eigenvalue weighted by molar-refractivity contribution is 7.32. The first-order valence-electron chi connectivity index (χ1n) is 6.60. The van der Waals surface area contributed by atoms with Crippen molar-refractivity contribution < 1.29 is 28.9 Å². The van der Waals surface area contributed by atoms with Gasteiger partial charge in [-0.25, -0.2) is 13.9 Å². The molecule has 0 amide bonds. The number of nitrogens with zero attached hydrogens (tertiary/aromatic N) is 2. The Bertz CT molecular complexity index is 905. The molecule has 0 bridgehead atoms. The van der Waals surface area contributed by atoms with Crippen molar-refractivity contribution in [2.75, 3.05) is 12.3 Å². The maximum absolute atomic E-state index is 12.1. The minimum Gasteiger partial charge on any atom is -0.387 e. The summed E-state index contributed by atoms with van der Waals surface area (Å²) in [7, 11) is -2.92. The van der Waals surface area contributed by atoms with E-state index in [1.807, 2.05) is 0 Å². The SMILES string of the molecule is Nc1nc2c([nH]c(=O)n2[C@@H]2O[C@H](CO[P](=O)O)[C@@H](O)[C@H]2O)c(=O)[nH]1. The molecule has 14 heteroatoms. The molecule has 0 aliphatic carbocycles.